The van der Waals surface area contributed by atoms with Crippen molar-refractivity contribution in [3.63, 3.8) is 0 Å². The summed E-state index contributed by atoms with van der Waals surface area (Å²) in [5.74, 6) is 1.02. The summed E-state index contributed by atoms with van der Waals surface area (Å²) in [6, 6.07) is 8.59. The fourth-order valence-electron chi connectivity index (χ4n) is 8.45. The van der Waals surface area contributed by atoms with E-state index in [9.17, 15) is 14.0 Å². The fourth-order valence-corrected chi connectivity index (χ4v) is 8.45. The van der Waals surface area contributed by atoms with E-state index in [2.05, 4.69) is 21.8 Å². The summed E-state index contributed by atoms with van der Waals surface area (Å²) in [5, 5.41) is 2.40. The molecule has 200 valence electrons. The predicted octanol–water partition coefficient (Wildman–Crippen LogP) is 5.78. The van der Waals surface area contributed by atoms with E-state index in [1.165, 1.54) is 57.8 Å². The molecule has 1 N–H and O–H groups in total. The average molecular weight is 518 g/mol. The Morgan fingerprint density at radius 2 is 1.55 bits per heavy atom. The molecule has 2 aliphatic carbocycles. The summed E-state index contributed by atoms with van der Waals surface area (Å²) in [4.78, 5) is 35.2. The van der Waals surface area contributed by atoms with Gasteiger partial charge < -0.3 is 9.88 Å². The molecule has 2 amide bonds. The van der Waals surface area contributed by atoms with Crippen molar-refractivity contribution in [2.45, 2.75) is 94.8 Å². The van der Waals surface area contributed by atoms with Gasteiger partial charge in [-0.2, -0.15) is 0 Å². The van der Waals surface area contributed by atoms with Crippen LogP contribution in [0.25, 0.3) is 11.0 Å². The molecule has 3 aliphatic heterocycles. The van der Waals surface area contributed by atoms with Crippen LogP contribution in [0, 0.1) is 11.8 Å². The second-order valence-electron chi connectivity index (χ2n) is 12.2. The van der Waals surface area contributed by atoms with E-state index in [0.717, 1.165) is 41.3 Å². The Morgan fingerprint density at radius 1 is 0.868 bits per heavy atom. The summed E-state index contributed by atoms with van der Waals surface area (Å²) in [5.41, 5.74) is 0.940. The van der Waals surface area contributed by atoms with Gasteiger partial charge >= 0.3 is 6.03 Å². The number of hydrogen-bond donors (Lipinski definition) is 1. The molecule has 2 unspecified atom stereocenters. The first-order valence-corrected chi connectivity index (χ1v) is 14.4. The summed E-state index contributed by atoms with van der Waals surface area (Å²) >= 11 is 0. The van der Waals surface area contributed by atoms with E-state index in [-0.39, 0.29) is 23.1 Å². The number of halogens is 1. The molecule has 7 nitrogen and oxygen atoms in total. The van der Waals surface area contributed by atoms with Gasteiger partial charge in [-0.15, -0.1) is 0 Å². The minimum absolute atomic E-state index is 0.0143. The molecule has 4 heterocycles. The summed E-state index contributed by atoms with van der Waals surface area (Å²) in [7, 11) is 0. The molecule has 0 radical (unpaired) electrons. The normalized spacial score (nSPS) is 33.7. The van der Waals surface area contributed by atoms with Crippen molar-refractivity contribution in [1.82, 2.24) is 19.8 Å². The van der Waals surface area contributed by atoms with Crippen LogP contribution in [0.2, 0.25) is 0 Å². The van der Waals surface area contributed by atoms with Crippen LogP contribution < -0.4 is 15.8 Å². The van der Waals surface area contributed by atoms with Crippen LogP contribution in [-0.4, -0.2) is 38.6 Å². The highest BCUT2D eigenvalue weighted by atomic mass is 19.1. The van der Waals surface area contributed by atoms with Crippen molar-refractivity contribution in [3.05, 3.63) is 58.9 Å². The number of rotatable bonds is 3. The first kappa shape index (κ1) is 24.1. The van der Waals surface area contributed by atoms with Crippen LogP contribution >= 0.6 is 0 Å². The Labute approximate surface area is 222 Å². The summed E-state index contributed by atoms with van der Waals surface area (Å²) in [6.07, 6.45) is 14.7. The lowest BCUT2D eigenvalue weighted by Crippen LogP contribution is -2.58. The molecule has 4 bridgehead atoms. The highest BCUT2D eigenvalue weighted by Crippen LogP contribution is 2.47. The van der Waals surface area contributed by atoms with Crippen molar-refractivity contribution >= 4 is 22.9 Å². The van der Waals surface area contributed by atoms with Gasteiger partial charge in [0.05, 0.1) is 22.9 Å². The maximum absolute atomic E-state index is 14.4. The molecule has 0 spiro atoms. The number of carbonyl (C=O) groups is 1. The van der Waals surface area contributed by atoms with Gasteiger partial charge in [0, 0.05) is 24.2 Å². The third-order valence-electron chi connectivity index (χ3n) is 9.91. The van der Waals surface area contributed by atoms with Gasteiger partial charge in [0.1, 0.15) is 0 Å². The number of nitrogens with zero attached hydrogens (tertiary/aromatic N) is 4. The van der Waals surface area contributed by atoms with Crippen molar-refractivity contribution in [2.75, 3.05) is 4.90 Å². The van der Waals surface area contributed by atoms with Gasteiger partial charge in [-0.3, -0.25) is 9.69 Å². The first-order chi connectivity index (χ1) is 18.5. The van der Waals surface area contributed by atoms with Crippen molar-refractivity contribution in [2.24, 2.45) is 11.8 Å². The largest absolute Gasteiger partial charge is 0.331 e. The van der Waals surface area contributed by atoms with Gasteiger partial charge in [-0.1, -0.05) is 44.4 Å². The Balaban J connectivity index is 1.26. The number of aromatic nitrogens is 2. The standard InChI is InChI=1S/C30H36FN5O2/c1-18-25(31)17-34(30(38)32-18)28-29(37)36(27-11-3-2-10-26(27)33-28)24-15-21-8-5-9-22(16-24)35(21)23-13-19-6-4-7-20(12-19)14-23/h2-3,10-11,17,19-24H,1,4-9,12-16H2,(H,32,38)/t19-,20+,21-,22+,23?,24?. The van der Waals surface area contributed by atoms with Gasteiger partial charge in [-0.25, -0.2) is 19.1 Å². The minimum Gasteiger partial charge on any atom is -0.305 e. The lowest BCUT2D eigenvalue weighted by molar-refractivity contribution is -0.0485. The molecule has 38 heavy (non-hydrogen) atoms. The van der Waals surface area contributed by atoms with Crippen LogP contribution in [-0.2, 0) is 0 Å². The molecule has 8 heteroatoms. The van der Waals surface area contributed by atoms with Gasteiger partial charge in [-0.05, 0) is 68.9 Å². The zero-order chi connectivity index (χ0) is 26.0. The van der Waals surface area contributed by atoms with Crippen LogP contribution in [0.15, 0.2) is 53.4 Å². The number of anilines is 1. The third-order valence-corrected chi connectivity index (χ3v) is 9.91. The number of allylic oxidation sites excluding steroid dienone is 1. The lowest BCUT2D eigenvalue weighted by atomic mass is 9.68. The number of carbonyl (C=O) groups excluding carboxylic acids is 1. The maximum atomic E-state index is 14.4. The Bertz CT molecular complexity index is 1360. The molecule has 2 saturated heterocycles. The number of para-hydroxylation sites is 2. The highest BCUT2D eigenvalue weighted by Gasteiger charge is 2.45. The molecule has 4 fully saturated rings. The molecular formula is C30H36FN5O2. The molecule has 5 aliphatic rings. The molecule has 2 saturated carbocycles. The number of nitrogens with one attached hydrogen (secondary N) is 1. The number of fused-ring (bicyclic) bond motifs is 5. The predicted molar refractivity (Wildman–Crippen MR) is 145 cm³/mol. The second kappa shape index (κ2) is 9.33. The monoisotopic (exact) mass is 517 g/mol. The number of benzene rings is 1. The summed E-state index contributed by atoms with van der Waals surface area (Å²) in [6.45, 7) is 3.52. The van der Waals surface area contributed by atoms with Crippen LogP contribution in [0.3, 0.4) is 0 Å². The molecule has 6 atom stereocenters. The SMILES string of the molecule is C=C1NC(=O)N(c2nc3ccccc3n(C3C[C@H]4CCC[C@@H](C3)N4C3C[C@H]4CCC[C@@H](C3)C4)c2=O)C=C1F. The van der Waals surface area contributed by atoms with E-state index in [1.54, 1.807) is 0 Å². The Hall–Kier alpha value is -3.00. The first-order valence-electron chi connectivity index (χ1n) is 14.4. The maximum Gasteiger partial charge on any atom is 0.331 e. The topological polar surface area (TPSA) is 70.5 Å². The second-order valence-corrected chi connectivity index (χ2v) is 12.2. The quantitative estimate of drug-likeness (QED) is 0.561. The fraction of sp³-hybridized carbons (Fsp3) is 0.567. The van der Waals surface area contributed by atoms with E-state index in [4.69, 9.17) is 0 Å². The van der Waals surface area contributed by atoms with Crippen LogP contribution in [0.1, 0.15) is 76.7 Å². The van der Waals surface area contributed by atoms with E-state index in [1.807, 2.05) is 28.8 Å². The number of hydrogen-bond acceptors (Lipinski definition) is 4. The molecule has 1 aromatic heterocycles. The Kier molecular flexibility index (Phi) is 5.91. The lowest BCUT2D eigenvalue weighted by Gasteiger charge is -2.55. The van der Waals surface area contributed by atoms with Gasteiger partial charge in [0.2, 0.25) is 5.82 Å². The smallest absolute Gasteiger partial charge is 0.305 e. The van der Waals surface area contributed by atoms with E-state index < -0.39 is 11.9 Å². The number of amides is 2. The van der Waals surface area contributed by atoms with Crippen LogP contribution in [0.5, 0.6) is 0 Å². The van der Waals surface area contributed by atoms with E-state index >= 15 is 0 Å². The van der Waals surface area contributed by atoms with Gasteiger partial charge in [0.25, 0.3) is 5.56 Å². The molecule has 1 aromatic carbocycles. The highest BCUT2D eigenvalue weighted by molar-refractivity contribution is 5.96. The molecule has 2 aromatic rings. The number of piperidine rings is 2. The Morgan fingerprint density at radius 3 is 2.29 bits per heavy atom. The van der Waals surface area contributed by atoms with E-state index in [0.29, 0.717) is 23.6 Å². The minimum atomic E-state index is -0.689. The van der Waals surface area contributed by atoms with Crippen molar-refractivity contribution in [1.29, 1.82) is 0 Å². The summed E-state index contributed by atoms with van der Waals surface area (Å²) < 4.78 is 16.3. The third kappa shape index (κ3) is 3.99. The average Bonchev–Trinajstić information content (AvgIpc) is 2.89. The van der Waals surface area contributed by atoms with Crippen LogP contribution in [0.4, 0.5) is 15.0 Å². The number of urea groups is 1. The van der Waals surface area contributed by atoms with Gasteiger partial charge in [0.15, 0.2) is 5.83 Å². The zero-order valence-corrected chi connectivity index (χ0v) is 21.8. The molecule has 7 rings (SSSR count). The zero-order valence-electron chi connectivity index (χ0n) is 21.8. The molecular weight excluding hydrogens is 481 g/mol. The van der Waals surface area contributed by atoms with Crippen molar-refractivity contribution in [3.8, 4) is 0 Å². The van der Waals surface area contributed by atoms with Crippen molar-refractivity contribution < 1.29 is 9.18 Å².